The number of nitrogens with one attached hydrogen (secondary N) is 2. The molecule has 3 amide bonds. The predicted octanol–water partition coefficient (Wildman–Crippen LogP) is 7.84. The Morgan fingerprint density at radius 2 is 1.47 bits per heavy atom. The molecule has 0 aliphatic heterocycles. The molecule has 43 heavy (non-hydrogen) atoms. The van der Waals surface area contributed by atoms with Crippen LogP contribution in [0.1, 0.15) is 65.9 Å². The molecule has 4 aromatic carbocycles. The van der Waals surface area contributed by atoms with Gasteiger partial charge in [0, 0.05) is 23.5 Å². The summed E-state index contributed by atoms with van der Waals surface area (Å²) in [6, 6.07) is 32.9. The fourth-order valence-corrected chi connectivity index (χ4v) is 5.57. The average molecular weight is 576 g/mol. The lowest BCUT2D eigenvalue weighted by atomic mass is 9.84. The lowest BCUT2D eigenvalue weighted by Crippen LogP contribution is -2.34. The van der Waals surface area contributed by atoms with E-state index in [1.54, 1.807) is 17.0 Å². The van der Waals surface area contributed by atoms with Gasteiger partial charge in [0.05, 0.1) is 13.0 Å². The summed E-state index contributed by atoms with van der Waals surface area (Å²) >= 11 is 0. The first kappa shape index (κ1) is 29.6. The number of benzene rings is 4. The molecule has 4 aromatic rings. The first-order valence-electron chi connectivity index (χ1n) is 14.9. The van der Waals surface area contributed by atoms with Crippen LogP contribution in [0.3, 0.4) is 0 Å². The lowest BCUT2D eigenvalue weighted by Gasteiger charge is -2.26. The first-order chi connectivity index (χ1) is 21.0. The Kier molecular flexibility index (Phi) is 9.85. The number of hydrogen-bond donors (Lipinski definition) is 3. The second-order valence-electron chi connectivity index (χ2n) is 11.0. The van der Waals surface area contributed by atoms with Gasteiger partial charge in [-0.3, -0.25) is 14.5 Å². The van der Waals surface area contributed by atoms with Gasteiger partial charge in [0.2, 0.25) is 0 Å². The summed E-state index contributed by atoms with van der Waals surface area (Å²) < 4.78 is 0. The van der Waals surface area contributed by atoms with E-state index in [2.05, 4.69) is 22.8 Å². The Hall–Kier alpha value is -4.91. The normalized spacial score (nSPS) is 13.2. The summed E-state index contributed by atoms with van der Waals surface area (Å²) in [6.45, 7) is 0.361. The molecule has 1 aliphatic rings. The zero-order valence-electron chi connectivity index (χ0n) is 24.2. The molecule has 1 fully saturated rings. The van der Waals surface area contributed by atoms with E-state index in [1.165, 1.54) is 37.7 Å². The van der Waals surface area contributed by atoms with Crippen molar-refractivity contribution in [3.63, 3.8) is 0 Å². The lowest BCUT2D eigenvalue weighted by molar-refractivity contribution is -0.136. The summed E-state index contributed by atoms with van der Waals surface area (Å²) in [7, 11) is 0. The smallest absolute Gasteiger partial charge is 0.326 e. The average Bonchev–Trinajstić information content (AvgIpc) is 3.05. The summed E-state index contributed by atoms with van der Waals surface area (Å²) in [5.74, 6) is -0.730. The second kappa shape index (κ2) is 14.3. The Morgan fingerprint density at radius 3 is 2.16 bits per heavy atom. The number of nitrogens with zero attached hydrogens (tertiary/aromatic N) is 1. The topological polar surface area (TPSA) is 98.7 Å². The molecule has 1 saturated carbocycles. The van der Waals surface area contributed by atoms with E-state index in [-0.39, 0.29) is 24.9 Å². The van der Waals surface area contributed by atoms with Crippen molar-refractivity contribution in [3.8, 4) is 11.1 Å². The fourth-order valence-electron chi connectivity index (χ4n) is 5.57. The number of urea groups is 1. The third-order valence-electron chi connectivity index (χ3n) is 7.93. The molecule has 0 aromatic heterocycles. The second-order valence-corrected chi connectivity index (χ2v) is 11.0. The quantitative estimate of drug-likeness (QED) is 0.179. The first-order valence-corrected chi connectivity index (χ1v) is 14.9. The largest absolute Gasteiger partial charge is 0.481 e. The minimum atomic E-state index is -0.965. The molecular weight excluding hydrogens is 538 g/mol. The molecule has 0 spiro atoms. The summed E-state index contributed by atoms with van der Waals surface area (Å²) in [4.78, 5) is 38.7. The Bertz CT molecular complexity index is 1530. The minimum absolute atomic E-state index is 0.0617. The van der Waals surface area contributed by atoms with Gasteiger partial charge in [0.1, 0.15) is 0 Å². The number of aliphatic carboxylic acids is 1. The fraction of sp³-hybridized carbons (Fsp3) is 0.250. The van der Waals surface area contributed by atoms with Gasteiger partial charge in [0.25, 0.3) is 5.91 Å². The molecular formula is C36H37N3O4. The van der Waals surface area contributed by atoms with E-state index in [9.17, 15) is 14.4 Å². The third kappa shape index (κ3) is 8.10. The molecule has 0 atom stereocenters. The molecule has 5 rings (SSSR count). The van der Waals surface area contributed by atoms with Crippen molar-refractivity contribution in [2.45, 2.75) is 51.0 Å². The monoisotopic (exact) mass is 575 g/mol. The number of amides is 3. The summed E-state index contributed by atoms with van der Waals surface area (Å²) in [5.41, 5.74) is 6.17. The highest BCUT2D eigenvalue weighted by Crippen LogP contribution is 2.34. The van der Waals surface area contributed by atoms with E-state index >= 15 is 0 Å². The van der Waals surface area contributed by atoms with Crippen LogP contribution in [-0.4, -0.2) is 29.6 Å². The molecule has 7 heteroatoms. The number of carbonyl (C=O) groups is 3. The van der Waals surface area contributed by atoms with Gasteiger partial charge in [-0.25, -0.2) is 4.79 Å². The van der Waals surface area contributed by atoms with E-state index < -0.39 is 5.97 Å². The van der Waals surface area contributed by atoms with Crippen LogP contribution in [0.25, 0.3) is 11.1 Å². The number of rotatable bonds is 10. The standard InChI is InChI=1S/C36H37N3O4/c40-34(41)22-23-37-35(42)30-16-14-26(15-17-30)25-39(33-20-18-29(19-21-33)27-8-3-1-4-9-27)36(43)38-32-13-7-12-31(24-32)28-10-5-2-6-11-28/h2,5-7,10-21,24,27H,1,3-4,8-9,22-23,25H2,(H,37,42)(H,38,43)(H,40,41). The van der Waals surface area contributed by atoms with Crippen LogP contribution in [0.4, 0.5) is 16.2 Å². The van der Waals surface area contributed by atoms with Crippen molar-refractivity contribution in [2.75, 3.05) is 16.8 Å². The number of hydrogen-bond acceptors (Lipinski definition) is 3. The maximum atomic E-state index is 13.8. The van der Waals surface area contributed by atoms with Crippen molar-refractivity contribution in [1.82, 2.24) is 5.32 Å². The Labute approximate surface area is 252 Å². The molecule has 0 unspecified atom stereocenters. The molecule has 7 nitrogen and oxygen atoms in total. The molecule has 0 radical (unpaired) electrons. The van der Waals surface area contributed by atoms with Gasteiger partial charge in [-0.05, 0) is 77.4 Å². The SMILES string of the molecule is O=C(O)CCNC(=O)c1ccc(CN(C(=O)Nc2cccc(-c3ccccc3)c2)c2ccc(C3CCCCC3)cc2)cc1. The summed E-state index contributed by atoms with van der Waals surface area (Å²) in [6.07, 6.45) is 6.10. The maximum absolute atomic E-state index is 13.8. The van der Waals surface area contributed by atoms with Crippen molar-refractivity contribution in [3.05, 3.63) is 120 Å². The van der Waals surface area contributed by atoms with Gasteiger partial charge in [-0.1, -0.05) is 86.0 Å². The van der Waals surface area contributed by atoms with Crippen LogP contribution >= 0.6 is 0 Å². The summed E-state index contributed by atoms with van der Waals surface area (Å²) in [5, 5.41) is 14.5. The number of carboxylic acid groups (broad SMARTS) is 1. The van der Waals surface area contributed by atoms with Crippen LogP contribution in [-0.2, 0) is 11.3 Å². The van der Waals surface area contributed by atoms with Crippen molar-refractivity contribution >= 4 is 29.3 Å². The van der Waals surface area contributed by atoms with Gasteiger partial charge in [-0.15, -0.1) is 0 Å². The van der Waals surface area contributed by atoms with Crippen molar-refractivity contribution in [1.29, 1.82) is 0 Å². The zero-order valence-corrected chi connectivity index (χ0v) is 24.2. The molecule has 220 valence electrons. The molecule has 0 heterocycles. The van der Waals surface area contributed by atoms with Gasteiger partial charge >= 0.3 is 12.0 Å². The maximum Gasteiger partial charge on any atom is 0.326 e. The van der Waals surface area contributed by atoms with Crippen LogP contribution < -0.4 is 15.5 Å². The van der Waals surface area contributed by atoms with Crippen LogP contribution in [0, 0.1) is 0 Å². The number of carbonyl (C=O) groups excluding carboxylic acids is 2. The Balaban J connectivity index is 1.35. The van der Waals surface area contributed by atoms with E-state index in [1.807, 2.05) is 78.9 Å². The highest BCUT2D eigenvalue weighted by Gasteiger charge is 2.20. The van der Waals surface area contributed by atoms with Gasteiger partial charge in [-0.2, -0.15) is 0 Å². The highest BCUT2D eigenvalue weighted by atomic mass is 16.4. The van der Waals surface area contributed by atoms with Crippen LogP contribution in [0.2, 0.25) is 0 Å². The Morgan fingerprint density at radius 1 is 0.767 bits per heavy atom. The van der Waals surface area contributed by atoms with Gasteiger partial charge in [0.15, 0.2) is 0 Å². The molecule has 1 aliphatic carbocycles. The zero-order chi connectivity index (χ0) is 30.0. The minimum Gasteiger partial charge on any atom is -0.481 e. The molecule has 0 saturated heterocycles. The third-order valence-corrected chi connectivity index (χ3v) is 7.93. The van der Waals surface area contributed by atoms with E-state index in [4.69, 9.17) is 5.11 Å². The highest BCUT2D eigenvalue weighted by molar-refractivity contribution is 6.02. The van der Waals surface area contributed by atoms with Crippen LogP contribution in [0.15, 0.2) is 103 Å². The molecule has 0 bridgehead atoms. The predicted molar refractivity (Wildman–Crippen MR) is 170 cm³/mol. The van der Waals surface area contributed by atoms with E-state index in [0.717, 1.165) is 22.4 Å². The van der Waals surface area contributed by atoms with Crippen LogP contribution in [0.5, 0.6) is 0 Å². The van der Waals surface area contributed by atoms with Crippen molar-refractivity contribution < 1.29 is 19.5 Å². The number of carboxylic acids is 1. The van der Waals surface area contributed by atoms with Crippen molar-refractivity contribution in [2.24, 2.45) is 0 Å². The van der Waals surface area contributed by atoms with E-state index in [0.29, 0.717) is 23.7 Å². The molecule has 3 N–H and O–H groups in total. The number of anilines is 2. The van der Waals surface area contributed by atoms with Gasteiger partial charge < -0.3 is 15.7 Å².